The van der Waals surface area contributed by atoms with Gasteiger partial charge in [-0.05, 0) is 49.9 Å². The van der Waals surface area contributed by atoms with Crippen LogP contribution in [0.4, 0.5) is 0 Å². The Morgan fingerprint density at radius 2 is 1.04 bits per heavy atom. The van der Waals surface area contributed by atoms with Gasteiger partial charge < -0.3 is 0 Å². The lowest BCUT2D eigenvalue weighted by Gasteiger charge is -2.16. The number of nitrogens with zero attached hydrogens (tertiary/aromatic N) is 4. The van der Waals surface area contributed by atoms with Crippen molar-refractivity contribution in [2.24, 2.45) is 0 Å². The number of carbonyl (C=O) groups excluding carboxylic acids is 2. The summed E-state index contributed by atoms with van der Waals surface area (Å²) in [5.41, 5.74) is 5.43. The first kappa shape index (κ1) is 15.0. The van der Waals surface area contributed by atoms with Crippen LogP contribution < -0.4 is 0 Å². The maximum absolute atomic E-state index is 11.2. The minimum absolute atomic E-state index is 0.322. The molecule has 1 aliphatic carbocycles. The molecular weight excluding hydrogens is 328 g/mol. The van der Waals surface area contributed by atoms with Crippen LogP contribution in [0.25, 0.3) is 32.8 Å². The summed E-state index contributed by atoms with van der Waals surface area (Å²) in [6.07, 6.45) is 5.52. The SMILES string of the molecule is O=Cc1ccc2c(n1)c1nc(C=O)ccc1c1nc3c(nc21)CCCC3. The molecule has 3 heterocycles. The molecule has 0 bridgehead atoms. The van der Waals surface area contributed by atoms with E-state index in [0.717, 1.165) is 58.9 Å². The van der Waals surface area contributed by atoms with Crippen LogP contribution in [0.3, 0.4) is 0 Å². The normalized spacial score (nSPS) is 13.8. The van der Waals surface area contributed by atoms with E-state index in [0.29, 0.717) is 35.0 Å². The summed E-state index contributed by atoms with van der Waals surface area (Å²) in [4.78, 5) is 41.1. The Morgan fingerprint density at radius 3 is 1.46 bits per heavy atom. The highest BCUT2D eigenvalue weighted by Crippen LogP contribution is 2.33. The maximum Gasteiger partial charge on any atom is 0.168 e. The second kappa shape index (κ2) is 5.62. The van der Waals surface area contributed by atoms with Crippen molar-refractivity contribution >= 4 is 45.4 Å². The van der Waals surface area contributed by atoms with E-state index in [9.17, 15) is 9.59 Å². The third-order valence-corrected chi connectivity index (χ3v) is 4.94. The highest BCUT2D eigenvalue weighted by molar-refractivity contribution is 6.21. The van der Waals surface area contributed by atoms with Crippen LogP contribution in [0, 0.1) is 0 Å². The topological polar surface area (TPSA) is 85.7 Å². The molecule has 6 heteroatoms. The number of fused-ring (bicyclic) bond motifs is 7. The van der Waals surface area contributed by atoms with Crippen LogP contribution in [0.2, 0.25) is 0 Å². The average Bonchev–Trinajstić information content (AvgIpc) is 2.71. The van der Waals surface area contributed by atoms with E-state index in [2.05, 4.69) is 9.97 Å². The van der Waals surface area contributed by atoms with Crippen LogP contribution in [-0.2, 0) is 12.8 Å². The molecule has 0 atom stereocenters. The van der Waals surface area contributed by atoms with Gasteiger partial charge in [-0.15, -0.1) is 0 Å². The van der Waals surface area contributed by atoms with Crippen molar-refractivity contribution in [2.75, 3.05) is 0 Å². The van der Waals surface area contributed by atoms with Gasteiger partial charge in [0.1, 0.15) is 11.4 Å². The van der Waals surface area contributed by atoms with Crippen LogP contribution in [0.15, 0.2) is 24.3 Å². The number of aromatic nitrogens is 4. The van der Waals surface area contributed by atoms with Crippen molar-refractivity contribution in [1.82, 2.24) is 19.9 Å². The van der Waals surface area contributed by atoms with E-state index in [1.165, 1.54) is 0 Å². The maximum atomic E-state index is 11.2. The van der Waals surface area contributed by atoms with Gasteiger partial charge in [0.05, 0.1) is 33.5 Å². The largest absolute Gasteiger partial charge is 0.296 e. The highest BCUT2D eigenvalue weighted by atomic mass is 16.1. The van der Waals surface area contributed by atoms with Gasteiger partial charge in [-0.1, -0.05) is 0 Å². The minimum atomic E-state index is 0.322. The molecular formula is C20H14N4O2. The number of aldehydes is 2. The summed E-state index contributed by atoms with van der Waals surface area (Å²) in [6.45, 7) is 0. The first-order chi connectivity index (χ1) is 12.8. The molecule has 26 heavy (non-hydrogen) atoms. The van der Waals surface area contributed by atoms with Gasteiger partial charge in [-0.2, -0.15) is 0 Å². The fourth-order valence-electron chi connectivity index (χ4n) is 3.69. The number of hydrogen-bond acceptors (Lipinski definition) is 6. The second-order valence-corrected chi connectivity index (χ2v) is 6.52. The Bertz CT molecular complexity index is 1140. The zero-order valence-electron chi connectivity index (χ0n) is 13.9. The fraction of sp³-hybridized carbons (Fsp3) is 0.200. The molecule has 0 unspecified atom stereocenters. The summed E-state index contributed by atoms with van der Waals surface area (Å²) in [5, 5.41) is 1.60. The van der Waals surface area contributed by atoms with Crippen LogP contribution >= 0.6 is 0 Å². The van der Waals surface area contributed by atoms with Crippen LogP contribution in [0.5, 0.6) is 0 Å². The highest BCUT2D eigenvalue weighted by Gasteiger charge is 2.19. The Hall–Kier alpha value is -3.28. The summed E-state index contributed by atoms with van der Waals surface area (Å²) < 4.78 is 0. The second-order valence-electron chi connectivity index (χ2n) is 6.52. The van der Waals surface area contributed by atoms with Crippen molar-refractivity contribution in [3.63, 3.8) is 0 Å². The van der Waals surface area contributed by atoms with Crippen molar-refractivity contribution in [3.05, 3.63) is 47.0 Å². The van der Waals surface area contributed by atoms with Gasteiger partial charge in [-0.3, -0.25) is 9.59 Å². The monoisotopic (exact) mass is 342 g/mol. The number of carbonyl (C=O) groups is 2. The fourth-order valence-corrected chi connectivity index (χ4v) is 3.69. The third kappa shape index (κ3) is 2.12. The first-order valence-electron chi connectivity index (χ1n) is 8.62. The Kier molecular flexibility index (Phi) is 3.25. The molecule has 126 valence electrons. The number of pyridine rings is 2. The lowest BCUT2D eigenvalue weighted by molar-refractivity contribution is 0.111. The summed E-state index contributed by atoms with van der Waals surface area (Å²) in [7, 11) is 0. The van der Waals surface area contributed by atoms with Crippen LogP contribution in [-0.4, -0.2) is 32.5 Å². The predicted molar refractivity (Wildman–Crippen MR) is 97.6 cm³/mol. The van der Waals surface area contributed by atoms with E-state index >= 15 is 0 Å². The molecule has 5 rings (SSSR count). The van der Waals surface area contributed by atoms with E-state index in [4.69, 9.17) is 9.97 Å². The quantitative estimate of drug-likeness (QED) is 0.411. The average molecular weight is 342 g/mol. The van der Waals surface area contributed by atoms with Crippen molar-refractivity contribution < 1.29 is 9.59 Å². The van der Waals surface area contributed by atoms with Gasteiger partial charge in [0, 0.05) is 10.8 Å². The molecule has 0 spiro atoms. The molecule has 0 amide bonds. The smallest absolute Gasteiger partial charge is 0.168 e. The lowest BCUT2D eigenvalue weighted by Crippen LogP contribution is -2.09. The molecule has 4 aromatic rings. The lowest BCUT2D eigenvalue weighted by atomic mass is 9.99. The predicted octanol–water partition coefficient (Wildman–Crippen LogP) is 3.23. The Labute approximate surface area is 148 Å². The van der Waals surface area contributed by atoms with Gasteiger partial charge >= 0.3 is 0 Å². The molecule has 0 fully saturated rings. The number of aryl methyl sites for hydroxylation is 2. The molecule has 0 saturated heterocycles. The molecule has 1 aromatic carbocycles. The van der Waals surface area contributed by atoms with Crippen molar-refractivity contribution in [2.45, 2.75) is 25.7 Å². The molecule has 0 radical (unpaired) electrons. The number of benzene rings is 1. The van der Waals surface area contributed by atoms with Crippen molar-refractivity contribution in [1.29, 1.82) is 0 Å². The van der Waals surface area contributed by atoms with E-state index < -0.39 is 0 Å². The summed E-state index contributed by atoms with van der Waals surface area (Å²) in [5.74, 6) is 0. The van der Waals surface area contributed by atoms with E-state index in [1.54, 1.807) is 12.1 Å². The zero-order valence-corrected chi connectivity index (χ0v) is 13.9. The Morgan fingerprint density at radius 1 is 0.615 bits per heavy atom. The molecule has 0 aliphatic heterocycles. The first-order valence-corrected chi connectivity index (χ1v) is 8.62. The molecule has 0 saturated carbocycles. The Balaban J connectivity index is 2.02. The zero-order chi connectivity index (χ0) is 17.7. The molecule has 1 aliphatic rings. The molecule has 3 aromatic heterocycles. The molecule has 6 nitrogen and oxygen atoms in total. The van der Waals surface area contributed by atoms with Crippen molar-refractivity contribution in [3.8, 4) is 0 Å². The minimum Gasteiger partial charge on any atom is -0.296 e. The number of rotatable bonds is 2. The number of hydrogen-bond donors (Lipinski definition) is 0. The van der Waals surface area contributed by atoms with Crippen LogP contribution in [0.1, 0.15) is 45.2 Å². The third-order valence-electron chi connectivity index (χ3n) is 4.94. The van der Waals surface area contributed by atoms with Gasteiger partial charge in [0.15, 0.2) is 12.6 Å². The van der Waals surface area contributed by atoms with E-state index in [1.807, 2.05) is 12.1 Å². The van der Waals surface area contributed by atoms with Gasteiger partial charge in [-0.25, -0.2) is 19.9 Å². The molecule has 0 N–H and O–H groups in total. The summed E-state index contributed by atoms with van der Waals surface area (Å²) >= 11 is 0. The summed E-state index contributed by atoms with van der Waals surface area (Å²) in [6, 6.07) is 7.02. The standard InChI is InChI=1S/C20H14N4O2/c25-9-11-5-7-13-17(21-11)18-14(8-6-12(10-26)22-18)20-19(13)23-15-3-1-2-4-16(15)24-20/h5-10H,1-4H2. The van der Waals surface area contributed by atoms with Gasteiger partial charge in [0.25, 0.3) is 0 Å². The van der Waals surface area contributed by atoms with Gasteiger partial charge in [0.2, 0.25) is 0 Å². The van der Waals surface area contributed by atoms with E-state index in [-0.39, 0.29) is 0 Å².